The molecule has 1 saturated heterocycles. The first-order valence-electron chi connectivity index (χ1n) is 9.40. The van der Waals surface area contributed by atoms with Crippen molar-refractivity contribution >= 4 is 11.8 Å². The highest BCUT2D eigenvalue weighted by Crippen LogP contribution is 2.23. The molecule has 2 aromatic rings. The van der Waals surface area contributed by atoms with Gasteiger partial charge in [0.25, 0.3) is 0 Å². The summed E-state index contributed by atoms with van der Waals surface area (Å²) in [5.74, 6) is 2.55. The van der Waals surface area contributed by atoms with E-state index in [9.17, 15) is 0 Å². The number of benzene rings is 1. The largest absolute Gasteiger partial charge is 0.370 e. The molecule has 0 bridgehead atoms. The van der Waals surface area contributed by atoms with Gasteiger partial charge in [0, 0.05) is 31.4 Å². The summed E-state index contributed by atoms with van der Waals surface area (Å²) in [6.07, 6.45) is 3.55. The zero-order valence-corrected chi connectivity index (χ0v) is 15.0. The molecule has 0 saturated carbocycles. The Balaban J connectivity index is 1.46. The normalized spacial score (nSPS) is 18.0. The fraction of sp³-hybridized carbons (Fsp3) is 0.500. The Bertz CT molecular complexity index is 724. The number of hydrogen-bond donors (Lipinski definition) is 2. The van der Waals surface area contributed by atoms with E-state index in [1.165, 1.54) is 24.0 Å². The third-order valence-corrected chi connectivity index (χ3v) is 5.29. The quantitative estimate of drug-likeness (QED) is 0.898. The molecule has 4 rings (SSSR count). The molecule has 2 N–H and O–H groups in total. The van der Waals surface area contributed by atoms with Crippen LogP contribution >= 0.6 is 0 Å². The Hall–Kier alpha value is -2.14. The van der Waals surface area contributed by atoms with Gasteiger partial charge in [-0.3, -0.25) is 0 Å². The Morgan fingerprint density at radius 2 is 1.96 bits per heavy atom. The van der Waals surface area contributed by atoms with Gasteiger partial charge in [0.05, 0.1) is 0 Å². The smallest absolute Gasteiger partial charge is 0.227 e. The summed E-state index contributed by atoms with van der Waals surface area (Å²) in [7, 11) is 0. The van der Waals surface area contributed by atoms with Gasteiger partial charge in [0.1, 0.15) is 5.82 Å². The van der Waals surface area contributed by atoms with Crippen LogP contribution in [0.3, 0.4) is 0 Å². The highest BCUT2D eigenvalue weighted by molar-refractivity contribution is 5.46. The van der Waals surface area contributed by atoms with E-state index in [0.717, 1.165) is 62.5 Å². The molecule has 1 aromatic carbocycles. The van der Waals surface area contributed by atoms with Crippen LogP contribution in [0.2, 0.25) is 0 Å². The van der Waals surface area contributed by atoms with Crippen LogP contribution in [0.5, 0.6) is 0 Å². The van der Waals surface area contributed by atoms with Crippen molar-refractivity contribution in [3.63, 3.8) is 0 Å². The van der Waals surface area contributed by atoms with Crippen LogP contribution in [-0.2, 0) is 13.0 Å². The maximum absolute atomic E-state index is 4.80. The summed E-state index contributed by atoms with van der Waals surface area (Å²) in [4.78, 5) is 11.8. The third-order valence-electron chi connectivity index (χ3n) is 5.29. The molecule has 2 aliphatic heterocycles. The fourth-order valence-electron chi connectivity index (χ4n) is 3.79. The molecule has 2 aliphatic rings. The molecular weight excluding hydrogens is 310 g/mol. The maximum atomic E-state index is 4.80. The van der Waals surface area contributed by atoms with E-state index in [1.807, 2.05) is 0 Å². The summed E-state index contributed by atoms with van der Waals surface area (Å²) in [5, 5.41) is 6.97. The molecule has 3 heterocycles. The molecule has 0 aliphatic carbocycles. The van der Waals surface area contributed by atoms with E-state index in [1.54, 1.807) is 0 Å². The van der Waals surface area contributed by atoms with Gasteiger partial charge in [-0.1, -0.05) is 24.3 Å². The van der Waals surface area contributed by atoms with Gasteiger partial charge in [-0.15, -0.1) is 0 Å². The molecule has 1 aromatic heterocycles. The van der Waals surface area contributed by atoms with Crippen LogP contribution in [0.1, 0.15) is 29.7 Å². The molecule has 0 atom stereocenters. The summed E-state index contributed by atoms with van der Waals surface area (Å²) in [6, 6.07) is 10.7. The van der Waals surface area contributed by atoms with Gasteiger partial charge >= 0.3 is 0 Å². The predicted molar refractivity (Wildman–Crippen MR) is 102 cm³/mol. The fourth-order valence-corrected chi connectivity index (χ4v) is 3.79. The van der Waals surface area contributed by atoms with E-state index >= 15 is 0 Å². The minimum Gasteiger partial charge on any atom is -0.370 e. The van der Waals surface area contributed by atoms with Crippen molar-refractivity contribution in [2.24, 2.45) is 5.92 Å². The average Bonchev–Trinajstić information content (AvgIpc) is 2.66. The summed E-state index contributed by atoms with van der Waals surface area (Å²) >= 11 is 0. The van der Waals surface area contributed by atoms with E-state index in [-0.39, 0.29) is 0 Å². The molecule has 132 valence electrons. The molecule has 0 unspecified atom stereocenters. The van der Waals surface area contributed by atoms with Gasteiger partial charge in [0.2, 0.25) is 5.95 Å². The molecule has 25 heavy (non-hydrogen) atoms. The molecule has 1 fully saturated rings. The second-order valence-electron chi connectivity index (χ2n) is 7.21. The lowest BCUT2D eigenvalue weighted by Crippen LogP contribution is -2.32. The van der Waals surface area contributed by atoms with Gasteiger partial charge in [0.15, 0.2) is 0 Å². The predicted octanol–water partition coefficient (Wildman–Crippen LogP) is 2.76. The van der Waals surface area contributed by atoms with E-state index in [0.29, 0.717) is 0 Å². The van der Waals surface area contributed by atoms with E-state index in [2.05, 4.69) is 52.8 Å². The number of anilines is 2. The summed E-state index contributed by atoms with van der Waals surface area (Å²) in [5.41, 5.74) is 3.87. The van der Waals surface area contributed by atoms with Gasteiger partial charge in [-0.25, -0.2) is 4.98 Å². The van der Waals surface area contributed by atoms with Crippen molar-refractivity contribution in [3.8, 4) is 0 Å². The number of aromatic nitrogens is 2. The minimum absolute atomic E-state index is 0.738. The Labute approximate surface area is 149 Å². The van der Waals surface area contributed by atoms with Crippen LogP contribution in [0.4, 0.5) is 11.8 Å². The zero-order chi connectivity index (χ0) is 17.1. The Kier molecular flexibility index (Phi) is 4.83. The lowest BCUT2D eigenvalue weighted by Gasteiger charge is -2.29. The Morgan fingerprint density at radius 3 is 2.80 bits per heavy atom. The number of aryl methyl sites for hydroxylation is 1. The first-order chi connectivity index (χ1) is 12.3. The van der Waals surface area contributed by atoms with Crippen molar-refractivity contribution < 1.29 is 0 Å². The topological polar surface area (TPSA) is 53.1 Å². The molecule has 0 amide bonds. The van der Waals surface area contributed by atoms with Crippen molar-refractivity contribution in [3.05, 3.63) is 47.2 Å². The van der Waals surface area contributed by atoms with Crippen LogP contribution in [-0.4, -0.2) is 36.1 Å². The maximum Gasteiger partial charge on any atom is 0.227 e. The van der Waals surface area contributed by atoms with Crippen molar-refractivity contribution in [2.45, 2.75) is 32.7 Å². The lowest BCUT2D eigenvalue weighted by atomic mass is 9.98. The molecular formula is C20H27N5. The highest BCUT2D eigenvalue weighted by Gasteiger charge is 2.19. The number of rotatable bonds is 4. The van der Waals surface area contributed by atoms with Gasteiger partial charge in [-0.05, 0) is 56.3 Å². The van der Waals surface area contributed by atoms with Gasteiger partial charge in [-0.2, -0.15) is 4.98 Å². The zero-order valence-electron chi connectivity index (χ0n) is 15.0. The van der Waals surface area contributed by atoms with Crippen LogP contribution in [0.15, 0.2) is 30.3 Å². The first kappa shape index (κ1) is 16.3. The highest BCUT2D eigenvalue weighted by atomic mass is 15.3. The standard InChI is InChI=1S/C20H27N5/c1-15-12-19(22-13-16-6-9-21-10-7-16)24-20(23-15)25-11-8-17-4-2-3-5-18(17)14-25/h2-5,12,16,21H,6-11,13-14H2,1H3,(H,22,23,24). The van der Waals surface area contributed by atoms with Crippen molar-refractivity contribution in [2.75, 3.05) is 36.4 Å². The lowest BCUT2D eigenvalue weighted by molar-refractivity contribution is 0.389. The SMILES string of the molecule is Cc1cc(NCC2CCNCC2)nc(N2CCc3ccccc3C2)n1. The molecule has 0 radical (unpaired) electrons. The second kappa shape index (κ2) is 7.40. The second-order valence-corrected chi connectivity index (χ2v) is 7.21. The monoisotopic (exact) mass is 337 g/mol. The molecule has 0 spiro atoms. The average molecular weight is 337 g/mol. The number of nitrogens with zero attached hydrogens (tertiary/aromatic N) is 3. The van der Waals surface area contributed by atoms with Gasteiger partial charge < -0.3 is 15.5 Å². The van der Waals surface area contributed by atoms with Crippen LogP contribution in [0, 0.1) is 12.8 Å². The third kappa shape index (κ3) is 3.93. The minimum atomic E-state index is 0.738. The number of piperidine rings is 1. The summed E-state index contributed by atoms with van der Waals surface area (Å²) in [6.45, 7) is 7.20. The van der Waals surface area contributed by atoms with Crippen molar-refractivity contribution in [1.82, 2.24) is 15.3 Å². The Morgan fingerprint density at radius 1 is 1.16 bits per heavy atom. The van der Waals surface area contributed by atoms with Crippen molar-refractivity contribution in [1.29, 1.82) is 0 Å². The molecule has 5 heteroatoms. The molecule has 5 nitrogen and oxygen atoms in total. The van der Waals surface area contributed by atoms with Crippen LogP contribution in [0.25, 0.3) is 0 Å². The first-order valence-corrected chi connectivity index (χ1v) is 9.40. The van der Waals surface area contributed by atoms with E-state index in [4.69, 9.17) is 9.97 Å². The number of nitrogens with one attached hydrogen (secondary N) is 2. The van der Waals surface area contributed by atoms with E-state index < -0.39 is 0 Å². The number of fused-ring (bicyclic) bond motifs is 1. The number of hydrogen-bond acceptors (Lipinski definition) is 5. The van der Waals surface area contributed by atoms with Crippen LogP contribution < -0.4 is 15.5 Å². The summed E-state index contributed by atoms with van der Waals surface area (Å²) < 4.78 is 0.